The van der Waals surface area contributed by atoms with Gasteiger partial charge in [-0.05, 0) is 46.2 Å². The summed E-state index contributed by atoms with van der Waals surface area (Å²) in [6.45, 7) is 7.45. The maximum atomic E-state index is 13.2. The topological polar surface area (TPSA) is 15.3 Å². The van der Waals surface area contributed by atoms with Gasteiger partial charge in [0.2, 0.25) is 0 Å². The van der Waals surface area contributed by atoms with Crippen molar-refractivity contribution < 1.29 is 13.2 Å². The number of halogens is 3. The number of rotatable bonds is 3. The lowest BCUT2D eigenvalue weighted by Gasteiger charge is -2.36. The molecule has 102 valence electrons. The van der Waals surface area contributed by atoms with Crippen LogP contribution in [0.3, 0.4) is 0 Å². The van der Waals surface area contributed by atoms with E-state index in [9.17, 15) is 13.2 Å². The lowest BCUT2D eigenvalue weighted by molar-refractivity contribution is -0.200. The summed E-state index contributed by atoms with van der Waals surface area (Å²) in [5, 5.41) is 2.69. The Labute approximate surface area is 102 Å². The Kier molecular flexibility index (Phi) is 4.84. The van der Waals surface area contributed by atoms with Crippen molar-refractivity contribution in [3.05, 3.63) is 0 Å². The third kappa shape index (κ3) is 3.35. The normalized spacial score (nSPS) is 28.4. The monoisotopic (exact) mass is 252 g/mol. The summed E-state index contributed by atoms with van der Waals surface area (Å²) >= 11 is 0. The minimum absolute atomic E-state index is 0.155. The van der Waals surface area contributed by atoms with Crippen LogP contribution in [0.15, 0.2) is 0 Å². The van der Waals surface area contributed by atoms with E-state index in [1.54, 1.807) is 6.92 Å². The molecule has 1 fully saturated rings. The highest BCUT2D eigenvalue weighted by molar-refractivity contribution is 4.97. The molecule has 0 bridgehead atoms. The van der Waals surface area contributed by atoms with Crippen molar-refractivity contribution in [1.29, 1.82) is 0 Å². The van der Waals surface area contributed by atoms with Crippen LogP contribution in [0.4, 0.5) is 13.2 Å². The lowest BCUT2D eigenvalue weighted by atomic mass is 9.89. The van der Waals surface area contributed by atoms with Crippen LogP contribution < -0.4 is 5.32 Å². The number of nitrogens with zero attached hydrogens (tertiary/aromatic N) is 1. The van der Waals surface area contributed by atoms with Gasteiger partial charge in [-0.2, -0.15) is 13.2 Å². The summed E-state index contributed by atoms with van der Waals surface area (Å²) in [4.78, 5) is 2.13. The van der Waals surface area contributed by atoms with Crippen LogP contribution >= 0.6 is 0 Å². The van der Waals surface area contributed by atoms with E-state index in [0.717, 1.165) is 6.54 Å². The molecule has 0 aromatic heterocycles. The average Bonchev–Trinajstić information content (AvgIpc) is 2.41. The van der Waals surface area contributed by atoms with E-state index in [4.69, 9.17) is 0 Å². The van der Waals surface area contributed by atoms with Gasteiger partial charge in [-0.25, -0.2) is 0 Å². The van der Waals surface area contributed by atoms with Gasteiger partial charge in [-0.3, -0.25) is 0 Å². The quantitative estimate of drug-likeness (QED) is 0.831. The standard InChI is InChI=1S/C12H23F3N2/c1-4-16-11(12(13,14)15)6-5-8-17(9-7-11)10(2)3/h10,16H,4-9H2,1-3H3. The smallest absolute Gasteiger partial charge is 0.304 e. The van der Waals surface area contributed by atoms with Crippen molar-refractivity contribution in [2.24, 2.45) is 0 Å². The van der Waals surface area contributed by atoms with Crippen molar-refractivity contribution in [2.45, 2.75) is 57.8 Å². The molecule has 0 aromatic carbocycles. The van der Waals surface area contributed by atoms with Crippen LogP contribution in [0.2, 0.25) is 0 Å². The maximum Gasteiger partial charge on any atom is 0.406 e. The summed E-state index contributed by atoms with van der Waals surface area (Å²) in [6.07, 6.45) is -3.21. The Balaban J connectivity index is 2.80. The van der Waals surface area contributed by atoms with Crippen LogP contribution in [0.25, 0.3) is 0 Å². The van der Waals surface area contributed by atoms with E-state index in [1.807, 2.05) is 13.8 Å². The Morgan fingerprint density at radius 3 is 2.35 bits per heavy atom. The molecule has 0 amide bonds. The second-order valence-electron chi connectivity index (χ2n) is 5.09. The fourth-order valence-electron chi connectivity index (χ4n) is 2.57. The van der Waals surface area contributed by atoms with Crippen molar-refractivity contribution in [2.75, 3.05) is 19.6 Å². The molecule has 0 saturated carbocycles. The van der Waals surface area contributed by atoms with E-state index >= 15 is 0 Å². The van der Waals surface area contributed by atoms with Gasteiger partial charge in [0.05, 0.1) is 0 Å². The van der Waals surface area contributed by atoms with Gasteiger partial charge in [0.25, 0.3) is 0 Å². The van der Waals surface area contributed by atoms with Gasteiger partial charge < -0.3 is 10.2 Å². The van der Waals surface area contributed by atoms with E-state index in [0.29, 0.717) is 25.6 Å². The number of nitrogens with one attached hydrogen (secondary N) is 1. The molecule has 0 aromatic rings. The van der Waals surface area contributed by atoms with E-state index in [2.05, 4.69) is 10.2 Å². The highest BCUT2D eigenvalue weighted by Crippen LogP contribution is 2.38. The van der Waals surface area contributed by atoms with Crippen LogP contribution in [-0.2, 0) is 0 Å². The second-order valence-corrected chi connectivity index (χ2v) is 5.09. The number of hydrogen-bond donors (Lipinski definition) is 1. The molecule has 1 atom stereocenters. The summed E-state index contributed by atoms with van der Waals surface area (Å²) in [7, 11) is 0. The van der Waals surface area contributed by atoms with Crippen LogP contribution in [0.5, 0.6) is 0 Å². The van der Waals surface area contributed by atoms with Gasteiger partial charge in [0.15, 0.2) is 0 Å². The van der Waals surface area contributed by atoms with Crippen molar-refractivity contribution in [3.8, 4) is 0 Å². The van der Waals surface area contributed by atoms with E-state index < -0.39 is 11.7 Å². The second kappa shape index (κ2) is 5.57. The zero-order valence-electron chi connectivity index (χ0n) is 10.9. The Bertz CT molecular complexity index is 240. The lowest BCUT2D eigenvalue weighted by Crippen LogP contribution is -2.57. The molecular formula is C12H23F3N2. The average molecular weight is 252 g/mol. The summed E-state index contributed by atoms with van der Waals surface area (Å²) in [6, 6.07) is 0.320. The first-order valence-corrected chi connectivity index (χ1v) is 6.38. The van der Waals surface area contributed by atoms with Gasteiger partial charge in [0, 0.05) is 12.6 Å². The van der Waals surface area contributed by atoms with Gasteiger partial charge in [-0.1, -0.05) is 6.92 Å². The highest BCUT2D eigenvalue weighted by atomic mass is 19.4. The molecule has 0 spiro atoms. The number of likely N-dealkylation sites (tertiary alicyclic amines) is 1. The molecule has 0 radical (unpaired) electrons. The molecular weight excluding hydrogens is 229 g/mol. The zero-order valence-corrected chi connectivity index (χ0v) is 10.9. The summed E-state index contributed by atoms with van der Waals surface area (Å²) < 4.78 is 39.6. The third-order valence-electron chi connectivity index (χ3n) is 3.66. The predicted molar refractivity (Wildman–Crippen MR) is 63.0 cm³/mol. The Morgan fingerprint density at radius 2 is 1.88 bits per heavy atom. The number of hydrogen-bond acceptors (Lipinski definition) is 2. The fraction of sp³-hybridized carbons (Fsp3) is 1.00. The summed E-state index contributed by atoms with van der Waals surface area (Å²) in [5.41, 5.74) is -1.68. The van der Waals surface area contributed by atoms with Gasteiger partial charge in [-0.15, -0.1) is 0 Å². The fourth-order valence-corrected chi connectivity index (χ4v) is 2.57. The molecule has 1 aliphatic heterocycles. The van der Waals surface area contributed by atoms with Crippen molar-refractivity contribution in [3.63, 3.8) is 0 Å². The molecule has 1 saturated heterocycles. The first-order valence-electron chi connectivity index (χ1n) is 6.38. The molecule has 1 aliphatic rings. The molecule has 1 unspecified atom stereocenters. The van der Waals surface area contributed by atoms with Crippen LogP contribution in [-0.4, -0.2) is 42.3 Å². The first kappa shape index (κ1) is 14.8. The summed E-state index contributed by atoms with van der Waals surface area (Å²) in [5.74, 6) is 0. The molecule has 1 N–H and O–H groups in total. The molecule has 0 aliphatic carbocycles. The number of alkyl halides is 3. The first-order chi connectivity index (χ1) is 7.82. The van der Waals surface area contributed by atoms with Crippen LogP contribution in [0.1, 0.15) is 40.0 Å². The SMILES string of the molecule is CCNC1(C(F)(F)F)CCCN(C(C)C)CC1. The molecule has 2 nitrogen and oxygen atoms in total. The minimum atomic E-state index is -4.16. The Morgan fingerprint density at radius 1 is 1.24 bits per heavy atom. The van der Waals surface area contributed by atoms with Gasteiger partial charge >= 0.3 is 6.18 Å². The maximum absolute atomic E-state index is 13.2. The molecule has 5 heteroatoms. The van der Waals surface area contributed by atoms with Crippen molar-refractivity contribution >= 4 is 0 Å². The van der Waals surface area contributed by atoms with Crippen LogP contribution in [0, 0.1) is 0 Å². The third-order valence-corrected chi connectivity index (χ3v) is 3.66. The predicted octanol–water partition coefficient (Wildman–Crippen LogP) is 2.79. The molecule has 1 rings (SSSR count). The molecule has 17 heavy (non-hydrogen) atoms. The molecule has 1 heterocycles. The largest absolute Gasteiger partial charge is 0.406 e. The van der Waals surface area contributed by atoms with Crippen molar-refractivity contribution in [1.82, 2.24) is 10.2 Å². The minimum Gasteiger partial charge on any atom is -0.304 e. The van der Waals surface area contributed by atoms with E-state index in [1.165, 1.54) is 0 Å². The zero-order chi connectivity index (χ0) is 13.1. The van der Waals surface area contributed by atoms with Gasteiger partial charge in [0.1, 0.15) is 5.54 Å². The Hall–Kier alpha value is -0.290. The highest BCUT2D eigenvalue weighted by Gasteiger charge is 2.54. The van der Waals surface area contributed by atoms with E-state index in [-0.39, 0.29) is 12.8 Å².